The van der Waals surface area contributed by atoms with Crippen LogP contribution in [0.25, 0.3) is 0 Å². The van der Waals surface area contributed by atoms with E-state index in [1.165, 1.54) is 12.1 Å². The summed E-state index contributed by atoms with van der Waals surface area (Å²) in [6.07, 6.45) is 0. The number of nitrogen functional groups attached to an aromatic ring is 1. The molecule has 0 radical (unpaired) electrons. The zero-order valence-corrected chi connectivity index (χ0v) is 7.09. The average molecular weight is 253 g/mol. The van der Waals surface area contributed by atoms with Gasteiger partial charge in [0.05, 0.1) is 9.26 Å². The van der Waals surface area contributed by atoms with Crippen LogP contribution in [0.15, 0.2) is 12.1 Å². The predicted molar refractivity (Wildman–Crippen MR) is 45.2 cm³/mol. The quantitative estimate of drug-likeness (QED) is 0.420. The Morgan fingerprint density at radius 2 is 2.10 bits per heavy atom. The molecule has 1 aromatic rings. The fourth-order valence-electron chi connectivity index (χ4n) is 0.555. The maximum Gasteiger partial charge on any atom is 0.180 e. The van der Waals surface area contributed by atoms with Gasteiger partial charge in [0.1, 0.15) is 0 Å². The Kier molecular flexibility index (Phi) is 1.98. The van der Waals surface area contributed by atoms with Crippen molar-refractivity contribution in [2.75, 3.05) is 5.73 Å². The van der Waals surface area contributed by atoms with E-state index in [9.17, 15) is 4.39 Å². The molecule has 0 saturated carbocycles. The summed E-state index contributed by atoms with van der Waals surface area (Å²) in [7, 11) is 0. The van der Waals surface area contributed by atoms with Crippen molar-refractivity contribution in [3.8, 4) is 5.75 Å². The van der Waals surface area contributed by atoms with Crippen LogP contribution in [-0.2, 0) is 0 Å². The molecule has 0 unspecified atom stereocenters. The van der Waals surface area contributed by atoms with E-state index in [1.807, 2.05) is 0 Å². The second kappa shape index (κ2) is 2.61. The molecule has 0 atom stereocenters. The molecule has 0 fully saturated rings. The fourth-order valence-corrected chi connectivity index (χ4v) is 0.990. The van der Waals surface area contributed by atoms with Gasteiger partial charge in [-0.15, -0.1) is 0 Å². The van der Waals surface area contributed by atoms with Gasteiger partial charge >= 0.3 is 0 Å². The van der Waals surface area contributed by atoms with Crippen molar-refractivity contribution in [2.45, 2.75) is 0 Å². The topological polar surface area (TPSA) is 46.2 Å². The molecule has 0 aliphatic carbocycles. The summed E-state index contributed by atoms with van der Waals surface area (Å²) in [6, 6.07) is 2.96. The number of phenols is 1. The van der Waals surface area contributed by atoms with E-state index in [4.69, 9.17) is 10.8 Å². The monoisotopic (exact) mass is 253 g/mol. The van der Waals surface area contributed by atoms with E-state index in [2.05, 4.69) is 0 Å². The largest absolute Gasteiger partial charge is 0.503 e. The number of halogens is 2. The number of benzene rings is 1. The molecular formula is C6H5FINO. The molecule has 10 heavy (non-hydrogen) atoms. The number of rotatable bonds is 0. The molecule has 0 aliphatic rings. The number of nitrogens with two attached hydrogens (primary N) is 1. The average Bonchev–Trinajstić information content (AvgIpc) is 1.93. The second-order valence-electron chi connectivity index (χ2n) is 1.80. The van der Waals surface area contributed by atoms with Crippen LogP contribution in [0.1, 0.15) is 0 Å². The van der Waals surface area contributed by atoms with E-state index in [0.29, 0.717) is 3.57 Å². The predicted octanol–water partition coefficient (Wildman–Crippen LogP) is 1.72. The summed E-state index contributed by atoms with van der Waals surface area (Å²) in [6.45, 7) is 0. The molecular weight excluding hydrogens is 248 g/mol. The summed E-state index contributed by atoms with van der Waals surface area (Å²) < 4.78 is 13.0. The van der Waals surface area contributed by atoms with Crippen molar-refractivity contribution >= 4 is 28.3 Å². The third-order valence-corrected chi connectivity index (χ3v) is 1.93. The van der Waals surface area contributed by atoms with Gasteiger partial charge in [-0.1, -0.05) is 0 Å². The smallest absolute Gasteiger partial charge is 0.180 e. The molecule has 1 aromatic carbocycles. The molecule has 54 valence electrons. The Hall–Kier alpha value is -0.520. The summed E-state index contributed by atoms with van der Waals surface area (Å²) in [5.41, 5.74) is 5.26. The first-order valence-electron chi connectivity index (χ1n) is 2.55. The zero-order valence-electron chi connectivity index (χ0n) is 4.94. The Morgan fingerprint density at radius 1 is 1.50 bits per heavy atom. The first kappa shape index (κ1) is 7.59. The molecule has 4 heteroatoms. The number of hydrogen-bond donors (Lipinski definition) is 2. The molecule has 2 nitrogen and oxygen atoms in total. The fraction of sp³-hybridized carbons (Fsp3) is 0. The Bertz CT molecular complexity index is 237. The lowest BCUT2D eigenvalue weighted by molar-refractivity contribution is 0.433. The van der Waals surface area contributed by atoms with E-state index in [1.54, 1.807) is 22.6 Å². The number of anilines is 1. The third kappa shape index (κ3) is 1.16. The molecule has 3 N–H and O–H groups in total. The lowest BCUT2D eigenvalue weighted by Gasteiger charge is -1.99. The minimum absolute atomic E-state index is 0.0675. The van der Waals surface area contributed by atoms with Crippen molar-refractivity contribution in [3.63, 3.8) is 0 Å². The number of hydrogen-bond acceptors (Lipinski definition) is 2. The molecule has 1 rings (SSSR count). The summed E-state index contributed by atoms with van der Waals surface area (Å²) >= 11 is 1.78. The highest BCUT2D eigenvalue weighted by atomic mass is 127. The summed E-state index contributed by atoms with van der Waals surface area (Å²) in [5.74, 6) is -1.12. The van der Waals surface area contributed by atoms with Gasteiger partial charge < -0.3 is 10.8 Å². The molecule has 0 heterocycles. The van der Waals surface area contributed by atoms with Crippen molar-refractivity contribution in [3.05, 3.63) is 21.5 Å². The van der Waals surface area contributed by atoms with Gasteiger partial charge in [0.15, 0.2) is 11.6 Å². The first-order valence-corrected chi connectivity index (χ1v) is 3.63. The second-order valence-corrected chi connectivity index (χ2v) is 2.96. The van der Waals surface area contributed by atoms with Gasteiger partial charge in [-0.25, -0.2) is 4.39 Å². The molecule has 0 aromatic heterocycles. The van der Waals surface area contributed by atoms with Gasteiger partial charge in [-0.3, -0.25) is 0 Å². The van der Waals surface area contributed by atoms with E-state index < -0.39 is 11.6 Å². The molecule has 0 aliphatic heterocycles. The van der Waals surface area contributed by atoms with Crippen LogP contribution in [0, 0.1) is 9.39 Å². The highest BCUT2D eigenvalue weighted by molar-refractivity contribution is 14.1. The van der Waals surface area contributed by atoms with E-state index in [0.717, 1.165) is 0 Å². The minimum atomic E-state index is -0.652. The minimum Gasteiger partial charge on any atom is -0.503 e. The van der Waals surface area contributed by atoms with E-state index >= 15 is 0 Å². The maximum absolute atomic E-state index is 12.7. The van der Waals surface area contributed by atoms with Crippen LogP contribution < -0.4 is 5.73 Å². The Labute approximate surface area is 71.0 Å². The summed E-state index contributed by atoms with van der Waals surface area (Å²) in [5, 5.41) is 8.88. The van der Waals surface area contributed by atoms with Crippen molar-refractivity contribution in [1.29, 1.82) is 0 Å². The van der Waals surface area contributed by atoms with Crippen LogP contribution in [0.3, 0.4) is 0 Å². The van der Waals surface area contributed by atoms with Gasteiger partial charge in [0, 0.05) is 0 Å². The SMILES string of the molecule is Nc1ccc(I)c(F)c1O. The molecule has 0 saturated heterocycles. The third-order valence-electron chi connectivity index (χ3n) is 1.10. The molecule has 0 amide bonds. The normalized spacial score (nSPS) is 9.80. The lowest BCUT2D eigenvalue weighted by atomic mass is 10.3. The first-order chi connectivity index (χ1) is 4.63. The van der Waals surface area contributed by atoms with Crippen molar-refractivity contribution < 1.29 is 9.50 Å². The number of phenolic OH excluding ortho intramolecular Hbond substituents is 1. The Morgan fingerprint density at radius 3 is 2.60 bits per heavy atom. The van der Waals surface area contributed by atoms with Crippen LogP contribution in [-0.4, -0.2) is 5.11 Å². The van der Waals surface area contributed by atoms with Gasteiger partial charge in [-0.2, -0.15) is 0 Å². The zero-order chi connectivity index (χ0) is 7.72. The van der Waals surface area contributed by atoms with Gasteiger partial charge in [0.25, 0.3) is 0 Å². The van der Waals surface area contributed by atoms with Crippen molar-refractivity contribution in [2.24, 2.45) is 0 Å². The number of aromatic hydroxyl groups is 1. The maximum atomic E-state index is 12.7. The highest BCUT2D eigenvalue weighted by Gasteiger charge is 2.06. The van der Waals surface area contributed by atoms with Crippen LogP contribution in [0.2, 0.25) is 0 Å². The van der Waals surface area contributed by atoms with Crippen LogP contribution in [0.5, 0.6) is 5.75 Å². The molecule has 0 bridgehead atoms. The van der Waals surface area contributed by atoms with Crippen molar-refractivity contribution in [1.82, 2.24) is 0 Å². The lowest BCUT2D eigenvalue weighted by Crippen LogP contribution is -1.90. The van der Waals surface area contributed by atoms with Gasteiger partial charge in [-0.05, 0) is 34.7 Å². The molecule has 0 spiro atoms. The Balaban J connectivity index is 3.34. The van der Waals surface area contributed by atoms with Gasteiger partial charge in [0.2, 0.25) is 0 Å². The van der Waals surface area contributed by atoms with E-state index in [-0.39, 0.29) is 5.69 Å². The van der Waals surface area contributed by atoms with Crippen LogP contribution in [0.4, 0.5) is 10.1 Å². The standard InChI is InChI=1S/C6H5FINO/c7-5-3(8)1-2-4(9)6(5)10/h1-2,10H,9H2. The summed E-state index contributed by atoms with van der Waals surface area (Å²) in [4.78, 5) is 0. The highest BCUT2D eigenvalue weighted by Crippen LogP contribution is 2.26. The van der Waals surface area contributed by atoms with Crippen LogP contribution >= 0.6 is 22.6 Å².